The second-order valence-electron chi connectivity index (χ2n) is 5.26. The van der Waals surface area contributed by atoms with Gasteiger partial charge in [-0.25, -0.2) is 9.78 Å². The molecule has 2 aromatic heterocycles. The Morgan fingerprint density at radius 1 is 1.41 bits per heavy atom. The molecule has 3 aromatic rings. The molecule has 114 valence electrons. The minimum atomic E-state index is -0.0235. The van der Waals surface area contributed by atoms with Crippen molar-refractivity contribution in [3.05, 3.63) is 52.7 Å². The molecule has 0 bridgehead atoms. The Kier molecular flexibility index (Phi) is 3.62. The number of carbonyl (C=O) groups excluding carboxylic acids is 1. The van der Waals surface area contributed by atoms with E-state index in [9.17, 15) is 4.79 Å². The number of nitrogens with zero attached hydrogens (tertiary/aromatic N) is 3. The van der Waals surface area contributed by atoms with Crippen LogP contribution < -0.4 is 0 Å². The SMILES string of the molecule is Cc1[nH]cnc1CN1Cc2cc3c(Cl)cccc3n2C1=O.Cl. The lowest BCUT2D eigenvalue weighted by atomic mass is 10.2. The van der Waals surface area contributed by atoms with Gasteiger partial charge in [0, 0.05) is 21.8 Å². The van der Waals surface area contributed by atoms with Gasteiger partial charge in [0.1, 0.15) is 0 Å². The molecular formula is C15H14Cl2N4O. The predicted octanol–water partition coefficient (Wildman–Crippen LogP) is 3.73. The van der Waals surface area contributed by atoms with Crippen molar-refractivity contribution in [2.75, 3.05) is 0 Å². The van der Waals surface area contributed by atoms with Gasteiger partial charge in [-0.15, -0.1) is 12.4 Å². The van der Waals surface area contributed by atoms with Crippen LogP contribution in [-0.2, 0) is 13.1 Å². The van der Waals surface area contributed by atoms with E-state index in [1.165, 1.54) is 0 Å². The molecule has 1 aliphatic heterocycles. The number of nitrogens with one attached hydrogen (secondary N) is 1. The summed E-state index contributed by atoms with van der Waals surface area (Å²) in [7, 11) is 0. The molecule has 0 spiro atoms. The van der Waals surface area contributed by atoms with Gasteiger partial charge in [0.2, 0.25) is 0 Å². The topological polar surface area (TPSA) is 53.9 Å². The van der Waals surface area contributed by atoms with Gasteiger partial charge in [-0.2, -0.15) is 0 Å². The third-order valence-electron chi connectivity index (χ3n) is 3.96. The number of amides is 1. The third kappa shape index (κ3) is 2.09. The van der Waals surface area contributed by atoms with Crippen molar-refractivity contribution in [3.8, 4) is 0 Å². The standard InChI is InChI=1S/C15H13ClN4O.ClH/c1-9-13(18-8-17-9)7-19-6-10-5-11-12(16)3-2-4-14(11)20(10)15(19)21;/h2-5,8H,6-7H2,1H3,(H,17,18);1H. The quantitative estimate of drug-likeness (QED) is 0.775. The Hall–Kier alpha value is -1.98. The van der Waals surface area contributed by atoms with Gasteiger partial charge < -0.3 is 9.88 Å². The van der Waals surface area contributed by atoms with Gasteiger partial charge in [0.25, 0.3) is 0 Å². The summed E-state index contributed by atoms with van der Waals surface area (Å²) in [6.45, 7) is 3.05. The van der Waals surface area contributed by atoms with Crippen LogP contribution in [0.4, 0.5) is 4.79 Å². The molecule has 0 radical (unpaired) electrons. The molecule has 0 atom stereocenters. The van der Waals surface area contributed by atoms with Crippen LogP contribution in [0.25, 0.3) is 10.9 Å². The van der Waals surface area contributed by atoms with Crippen LogP contribution in [0.5, 0.6) is 0 Å². The number of halogens is 2. The first-order valence-electron chi connectivity index (χ1n) is 6.72. The Bertz CT molecular complexity index is 868. The first kappa shape index (κ1) is 14.9. The fourth-order valence-corrected chi connectivity index (χ4v) is 3.07. The minimum Gasteiger partial charge on any atom is -0.348 e. The van der Waals surface area contributed by atoms with Crippen LogP contribution >= 0.6 is 24.0 Å². The fraction of sp³-hybridized carbons (Fsp3) is 0.200. The highest BCUT2D eigenvalue weighted by molar-refractivity contribution is 6.35. The number of fused-ring (bicyclic) bond motifs is 3. The van der Waals surface area contributed by atoms with Crippen LogP contribution in [0.2, 0.25) is 5.02 Å². The van der Waals surface area contributed by atoms with Gasteiger partial charge in [0.05, 0.1) is 30.6 Å². The van der Waals surface area contributed by atoms with Crippen LogP contribution in [-0.4, -0.2) is 25.5 Å². The Balaban J connectivity index is 0.00000144. The average Bonchev–Trinajstić information content (AvgIpc) is 3.10. The average molecular weight is 337 g/mol. The zero-order valence-electron chi connectivity index (χ0n) is 11.8. The Labute approximate surface area is 138 Å². The van der Waals surface area contributed by atoms with E-state index in [2.05, 4.69) is 9.97 Å². The maximum absolute atomic E-state index is 12.6. The van der Waals surface area contributed by atoms with E-state index in [1.54, 1.807) is 15.8 Å². The Morgan fingerprint density at radius 3 is 2.95 bits per heavy atom. The van der Waals surface area contributed by atoms with Gasteiger partial charge in [0.15, 0.2) is 0 Å². The van der Waals surface area contributed by atoms with Crippen LogP contribution in [0, 0.1) is 6.92 Å². The highest BCUT2D eigenvalue weighted by Crippen LogP contribution is 2.31. The maximum atomic E-state index is 12.6. The summed E-state index contributed by atoms with van der Waals surface area (Å²) in [5.41, 5.74) is 3.73. The number of benzene rings is 1. The number of aryl methyl sites for hydroxylation is 1. The van der Waals surface area contributed by atoms with Crippen LogP contribution in [0.1, 0.15) is 17.1 Å². The predicted molar refractivity (Wildman–Crippen MR) is 87.6 cm³/mol. The molecule has 0 aliphatic carbocycles. The summed E-state index contributed by atoms with van der Waals surface area (Å²) >= 11 is 6.19. The number of hydrogen-bond acceptors (Lipinski definition) is 2. The Morgan fingerprint density at radius 2 is 2.23 bits per heavy atom. The van der Waals surface area contributed by atoms with E-state index in [1.807, 2.05) is 31.2 Å². The van der Waals surface area contributed by atoms with Crippen molar-refractivity contribution in [1.82, 2.24) is 19.4 Å². The molecule has 5 nitrogen and oxygen atoms in total. The summed E-state index contributed by atoms with van der Waals surface area (Å²) in [4.78, 5) is 21.7. The van der Waals surface area contributed by atoms with Crippen molar-refractivity contribution in [1.29, 1.82) is 0 Å². The van der Waals surface area contributed by atoms with Crippen LogP contribution in [0.3, 0.4) is 0 Å². The molecule has 7 heteroatoms. The summed E-state index contributed by atoms with van der Waals surface area (Å²) in [6, 6.07) is 7.60. The number of aromatic nitrogens is 3. The molecule has 4 rings (SSSR count). The normalized spacial score (nSPS) is 13.5. The number of hydrogen-bond donors (Lipinski definition) is 1. The number of H-pyrrole nitrogens is 1. The number of rotatable bonds is 2. The number of carbonyl (C=O) groups is 1. The molecule has 0 saturated carbocycles. The molecular weight excluding hydrogens is 323 g/mol. The summed E-state index contributed by atoms with van der Waals surface area (Å²) in [5.74, 6) is 0. The van der Waals surface area contributed by atoms with Crippen molar-refractivity contribution < 1.29 is 4.79 Å². The number of imidazole rings is 1. The van der Waals surface area contributed by atoms with E-state index in [-0.39, 0.29) is 18.4 Å². The lowest BCUT2D eigenvalue weighted by Crippen LogP contribution is -2.26. The second kappa shape index (κ2) is 5.34. The molecule has 0 unspecified atom stereocenters. The summed E-state index contributed by atoms with van der Waals surface area (Å²) in [5, 5.41) is 1.61. The van der Waals surface area contributed by atoms with E-state index < -0.39 is 0 Å². The largest absolute Gasteiger partial charge is 0.348 e. The molecule has 0 saturated heterocycles. The monoisotopic (exact) mass is 336 g/mol. The molecule has 1 aliphatic rings. The van der Waals surface area contributed by atoms with E-state index >= 15 is 0 Å². The van der Waals surface area contributed by atoms with Crippen molar-refractivity contribution in [3.63, 3.8) is 0 Å². The first-order chi connectivity index (χ1) is 10.1. The number of aromatic amines is 1. The molecule has 1 amide bonds. The van der Waals surface area contributed by atoms with Crippen molar-refractivity contribution in [2.45, 2.75) is 20.0 Å². The smallest absolute Gasteiger partial charge is 0.329 e. The lowest BCUT2D eigenvalue weighted by molar-refractivity contribution is 0.207. The second-order valence-corrected chi connectivity index (χ2v) is 5.66. The van der Waals surface area contributed by atoms with Gasteiger partial charge in [-0.1, -0.05) is 17.7 Å². The minimum absolute atomic E-state index is 0. The van der Waals surface area contributed by atoms with Crippen LogP contribution in [0.15, 0.2) is 30.6 Å². The van der Waals surface area contributed by atoms with Gasteiger partial charge >= 0.3 is 6.03 Å². The lowest BCUT2D eigenvalue weighted by Gasteiger charge is -2.14. The fourth-order valence-electron chi connectivity index (χ4n) is 2.85. The maximum Gasteiger partial charge on any atom is 0.329 e. The van der Waals surface area contributed by atoms with Crippen molar-refractivity contribution >= 4 is 40.9 Å². The van der Waals surface area contributed by atoms with E-state index in [0.717, 1.165) is 28.0 Å². The molecule has 1 N–H and O–H groups in total. The summed E-state index contributed by atoms with van der Waals surface area (Å²) < 4.78 is 1.74. The molecule has 22 heavy (non-hydrogen) atoms. The van der Waals surface area contributed by atoms with E-state index in [4.69, 9.17) is 11.6 Å². The highest BCUT2D eigenvalue weighted by Gasteiger charge is 2.30. The molecule has 3 heterocycles. The highest BCUT2D eigenvalue weighted by atomic mass is 35.5. The zero-order valence-corrected chi connectivity index (χ0v) is 13.4. The zero-order chi connectivity index (χ0) is 14.6. The molecule has 1 aromatic carbocycles. The van der Waals surface area contributed by atoms with Gasteiger partial charge in [-0.05, 0) is 25.1 Å². The first-order valence-corrected chi connectivity index (χ1v) is 7.10. The third-order valence-corrected chi connectivity index (χ3v) is 4.29. The van der Waals surface area contributed by atoms with Crippen molar-refractivity contribution in [2.24, 2.45) is 0 Å². The molecule has 0 fully saturated rings. The van der Waals surface area contributed by atoms with Gasteiger partial charge in [-0.3, -0.25) is 4.57 Å². The van der Waals surface area contributed by atoms with E-state index in [0.29, 0.717) is 18.1 Å². The summed E-state index contributed by atoms with van der Waals surface area (Å²) in [6.07, 6.45) is 1.65.